The average molecular weight is 387 g/mol. The highest BCUT2D eigenvalue weighted by atomic mass is 35.5. The van der Waals surface area contributed by atoms with Crippen molar-refractivity contribution in [3.8, 4) is 0 Å². The first-order valence-electron chi connectivity index (χ1n) is 9.01. The molecule has 0 aliphatic carbocycles. The molecule has 0 bridgehead atoms. The van der Waals surface area contributed by atoms with Crippen LogP contribution in [0.15, 0.2) is 48.5 Å². The van der Waals surface area contributed by atoms with E-state index in [2.05, 4.69) is 21.0 Å². The summed E-state index contributed by atoms with van der Waals surface area (Å²) in [5, 5.41) is 3.68. The molecule has 5 nitrogen and oxygen atoms in total. The molecule has 1 saturated heterocycles. The molecule has 0 aromatic heterocycles. The van der Waals surface area contributed by atoms with E-state index in [-0.39, 0.29) is 11.8 Å². The Kier molecular flexibility index (Phi) is 6.48. The number of piperidine rings is 1. The quantitative estimate of drug-likeness (QED) is 0.790. The van der Waals surface area contributed by atoms with E-state index in [0.29, 0.717) is 11.3 Å². The number of carbonyl (C=O) groups excluding carboxylic acids is 2. The SMILES string of the molecule is COC(=O)c1ccc(NC(=O)C2CCCN(Cc3cccc(Cl)c3)C2)cc1. The fraction of sp³-hybridized carbons (Fsp3) is 0.333. The first kappa shape index (κ1) is 19.4. The molecule has 1 aliphatic heterocycles. The molecule has 3 rings (SSSR count). The Morgan fingerprint density at radius 2 is 2.00 bits per heavy atom. The number of nitrogens with one attached hydrogen (secondary N) is 1. The Balaban J connectivity index is 1.57. The smallest absolute Gasteiger partial charge is 0.337 e. The van der Waals surface area contributed by atoms with Gasteiger partial charge in [0.05, 0.1) is 18.6 Å². The zero-order valence-corrected chi connectivity index (χ0v) is 16.0. The van der Waals surface area contributed by atoms with Crippen LogP contribution in [0.25, 0.3) is 0 Å². The van der Waals surface area contributed by atoms with E-state index < -0.39 is 5.97 Å². The summed E-state index contributed by atoms with van der Waals surface area (Å²) in [4.78, 5) is 26.4. The molecule has 142 valence electrons. The molecule has 0 radical (unpaired) electrons. The molecule has 2 aromatic rings. The largest absolute Gasteiger partial charge is 0.465 e. The number of amides is 1. The highest BCUT2D eigenvalue weighted by Crippen LogP contribution is 2.22. The van der Waals surface area contributed by atoms with Crippen LogP contribution in [0.2, 0.25) is 5.02 Å². The minimum atomic E-state index is -0.392. The van der Waals surface area contributed by atoms with Crippen molar-refractivity contribution in [1.29, 1.82) is 0 Å². The lowest BCUT2D eigenvalue weighted by Crippen LogP contribution is -2.40. The molecule has 1 amide bonds. The van der Waals surface area contributed by atoms with Crippen molar-refractivity contribution >= 4 is 29.2 Å². The Morgan fingerprint density at radius 1 is 1.22 bits per heavy atom. The van der Waals surface area contributed by atoms with Gasteiger partial charge in [-0.15, -0.1) is 0 Å². The molecule has 27 heavy (non-hydrogen) atoms. The van der Waals surface area contributed by atoms with Crippen molar-refractivity contribution in [2.24, 2.45) is 5.92 Å². The molecule has 2 aromatic carbocycles. The third-order valence-electron chi connectivity index (χ3n) is 4.75. The topological polar surface area (TPSA) is 58.6 Å². The molecule has 0 saturated carbocycles. The Hall–Kier alpha value is -2.37. The highest BCUT2D eigenvalue weighted by Gasteiger charge is 2.26. The molecule has 1 heterocycles. The fourth-order valence-electron chi connectivity index (χ4n) is 3.36. The van der Waals surface area contributed by atoms with Crippen LogP contribution in [-0.4, -0.2) is 37.0 Å². The summed E-state index contributed by atoms with van der Waals surface area (Å²) in [5.74, 6) is -0.438. The number of carbonyl (C=O) groups is 2. The number of hydrogen-bond donors (Lipinski definition) is 1. The van der Waals surface area contributed by atoms with Crippen LogP contribution in [0.1, 0.15) is 28.8 Å². The minimum absolute atomic E-state index is 0.0108. The average Bonchev–Trinajstić information content (AvgIpc) is 2.68. The Labute approximate surface area is 164 Å². The summed E-state index contributed by atoms with van der Waals surface area (Å²) in [6.07, 6.45) is 1.86. The summed E-state index contributed by atoms with van der Waals surface area (Å²) < 4.78 is 4.68. The van der Waals surface area contributed by atoms with Crippen molar-refractivity contribution in [2.75, 3.05) is 25.5 Å². The third-order valence-corrected chi connectivity index (χ3v) is 4.98. The van der Waals surface area contributed by atoms with Gasteiger partial charge in [-0.05, 0) is 61.3 Å². The first-order valence-corrected chi connectivity index (χ1v) is 9.39. The van der Waals surface area contributed by atoms with Crippen LogP contribution in [-0.2, 0) is 16.1 Å². The van der Waals surface area contributed by atoms with Crippen molar-refractivity contribution in [3.63, 3.8) is 0 Å². The second kappa shape index (κ2) is 9.02. The van der Waals surface area contributed by atoms with Crippen LogP contribution >= 0.6 is 11.6 Å². The summed E-state index contributed by atoms with van der Waals surface area (Å²) in [5.41, 5.74) is 2.29. The van der Waals surface area contributed by atoms with Gasteiger partial charge in [0.2, 0.25) is 5.91 Å². The van der Waals surface area contributed by atoms with E-state index in [1.54, 1.807) is 24.3 Å². The maximum absolute atomic E-state index is 12.6. The van der Waals surface area contributed by atoms with Gasteiger partial charge in [0.1, 0.15) is 0 Å². The molecule has 1 atom stereocenters. The number of nitrogens with zero attached hydrogens (tertiary/aromatic N) is 1. The van der Waals surface area contributed by atoms with Gasteiger partial charge in [0.25, 0.3) is 0 Å². The van der Waals surface area contributed by atoms with Crippen molar-refractivity contribution in [1.82, 2.24) is 4.90 Å². The van der Waals surface area contributed by atoms with Crippen molar-refractivity contribution in [3.05, 3.63) is 64.7 Å². The van der Waals surface area contributed by atoms with E-state index in [0.717, 1.165) is 43.1 Å². The second-order valence-corrected chi connectivity index (χ2v) is 7.20. The number of likely N-dealkylation sites (tertiary alicyclic amines) is 1. The van der Waals surface area contributed by atoms with E-state index in [1.807, 2.05) is 18.2 Å². The number of esters is 1. The highest BCUT2D eigenvalue weighted by molar-refractivity contribution is 6.30. The molecular weight excluding hydrogens is 364 g/mol. The number of hydrogen-bond acceptors (Lipinski definition) is 4. The maximum atomic E-state index is 12.6. The number of anilines is 1. The lowest BCUT2D eigenvalue weighted by molar-refractivity contribution is -0.121. The molecular formula is C21H23ClN2O3. The number of benzene rings is 2. The lowest BCUT2D eigenvalue weighted by Gasteiger charge is -2.32. The van der Waals surface area contributed by atoms with Crippen molar-refractivity contribution in [2.45, 2.75) is 19.4 Å². The van der Waals surface area contributed by atoms with Gasteiger partial charge in [0.15, 0.2) is 0 Å². The van der Waals surface area contributed by atoms with Gasteiger partial charge in [0, 0.05) is 23.8 Å². The molecule has 1 fully saturated rings. The van der Waals surface area contributed by atoms with Crippen LogP contribution in [0.5, 0.6) is 0 Å². The Morgan fingerprint density at radius 3 is 2.70 bits per heavy atom. The second-order valence-electron chi connectivity index (χ2n) is 6.76. The van der Waals surface area contributed by atoms with Crippen LogP contribution in [0, 0.1) is 5.92 Å². The fourth-order valence-corrected chi connectivity index (χ4v) is 3.57. The van der Waals surface area contributed by atoms with Gasteiger partial charge >= 0.3 is 5.97 Å². The number of ether oxygens (including phenoxy) is 1. The first-order chi connectivity index (χ1) is 13.0. The molecule has 1 N–H and O–H groups in total. The minimum Gasteiger partial charge on any atom is -0.465 e. The molecule has 0 spiro atoms. The van der Waals surface area contributed by atoms with Gasteiger partial charge in [-0.3, -0.25) is 9.69 Å². The third kappa shape index (κ3) is 5.31. The molecule has 6 heteroatoms. The normalized spacial score (nSPS) is 17.3. The van der Waals surface area contributed by atoms with E-state index in [9.17, 15) is 9.59 Å². The zero-order chi connectivity index (χ0) is 19.2. The van der Waals surface area contributed by atoms with E-state index in [4.69, 9.17) is 11.6 Å². The lowest BCUT2D eigenvalue weighted by atomic mass is 9.96. The predicted octanol–water partition coefficient (Wildman–Crippen LogP) is 3.98. The monoisotopic (exact) mass is 386 g/mol. The van der Waals surface area contributed by atoms with E-state index >= 15 is 0 Å². The van der Waals surface area contributed by atoms with Crippen molar-refractivity contribution < 1.29 is 14.3 Å². The standard InChI is InChI=1S/C21H23ClN2O3/c1-27-21(26)16-7-9-19(10-8-16)23-20(25)17-5-3-11-24(14-17)13-15-4-2-6-18(22)12-15/h2,4,6-10,12,17H,3,5,11,13-14H2,1H3,(H,23,25). The number of methoxy groups -OCH3 is 1. The number of halogens is 1. The van der Waals surface area contributed by atoms with E-state index in [1.165, 1.54) is 7.11 Å². The van der Waals surface area contributed by atoms with Gasteiger partial charge in [-0.1, -0.05) is 23.7 Å². The maximum Gasteiger partial charge on any atom is 0.337 e. The van der Waals surface area contributed by atoms with Gasteiger partial charge in [-0.25, -0.2) is 4.79 Å². The summed E-state index contributed by atoms with van der Waals surface area (Å²) in [6, 6.07) is 14.6. The molecule has 1 unspecified atom stereocenters. The zero-order valence-electron chi connectivity index (χ0n) is 15.3. The summed E-state index contributed by atoms with van der Waals surface area (Å²) in [6.45, 7) is 2.49. The van der Waals surface area contributed by atoms with Crippen LogP contribution in [0.3, 0.4) is 0 Å². The molecule has 1 aliphatic rings. The Bertz CT molecular complexity index is 807. The predicted molar refractivity (Wildman–Crippen MR) is 106 cm³/mol. The van der Waals surface area contributed by atoms with Crippen LogP contribution in [0.4, 0.5) is 5.69 Å². The van der Waals surface area contributed by atoms with Gasteiger partial charge in [-0.2, -0.15) is 0 Å². The summed E-state index contributed by atoms with van der Waals surface area (Å²) in [7, 11) is 1.34. The summed E-state index contributed by atoms with van der Waals surface area (Å²) >= 11 is 6.06. The van der Waals surface area contributed by atoms with Crippen LogP contribution < -0.4 is 5.32 Å². The van der Waals surface area contributed by atoms with Gasteiger partial charge < -0.3 is 10.1 Å². The number of rotatable bonds is 5.